The highest BCUT2D eigenvalue weighted by Gasteiger charge is 2.22. The zero-order valence-corrected chi connectivity index (χ0v) is 14.3. The molecule has 0 aromatic carbocycles. The summed E-state index contributed by atoms with van der Waals surface area (Å²) in [5.41, 5.74) is 0.530. The molecule has 1 atom stereocenters. The van der Waals surface area contributed by atoms with Crippen LogP contribution in [0, 0.1) is 0 Å². The zero-order valence-electron chi connectivity index (χ0n) is 13.4. The molecule has 24 heavy (non-hydrogen) atoms. The van der Waals surface area contributed by atoms with Gasteiger partial charge in [-0.15, -0.1) is 0 Å². The van der Waals surface area contributed by atoms with Crippen LogP contribution < -0.4 is 15.4 Å². The Morgan fingerprint density at radius 1 is 1.38 bits per heavy atom. The summed E-state index contributed by atoms with van der Waals surface area (Å²) >= 11 is 1.60. The van der Waals surface area contributed by atoms with Crippen LogP contribution in [-0.4, -0.2) is 42.0 Å². The van der Waals surface area contributed by atoms with Gasteiger partial charge in [-0.25, -0.2) is 4.98 Å². The topological polar surface area (TPSA) is 93.5 Å². The van der Waals surface area contributed by atoms with Crippen molar-refractivity contribution in [2.75, 3.05) is 24.4 Å². The maximum atomic E-state index is 12.5. The summed E-state index contributed by atoms with van der Waals surface area (Å²) in [7, 11) is 1.52. The SMILES string of the molecule is COc1ccc(NC(=O)[C@H](CCSC)NC(=O)c2ccco2)cn1. The summed E-state index contributed by atoms with van der Waals surface area (Å²) in [6, 6.07) is 5.83. The van der Waals surface area contributed by atoms with Crippen molar-refractivity contribution >= 4 is 29.3 Å². The minimum atomic E-state index is -0.669. The number of carbonyl (C=O) groups is 2. The number of nitrogens with one attached hydrogen (secondary N) is 2. The van der Waals surface area contributed by atoms with Crippen LogP contribution in [0.4, 0.5) is 5.69 Å². The van der Waals surface area contributed by atoms with Crippen LogP contribution in [0.15, 0.2) is 41.1 Å². The third-order valence-electron chi connectivity index (χ3n) is 3.19. The fraction of sp³-hybridized carbons (Fsp3) is 0.312. The summed E-state index contributed by atoms with van der Waals surface area (Å²) in [5, 5.41) is 5.43. The Kier molecular flexibility index (Phi) is 6.68. The molecule has 0 fully saturated rings. The normalized spacial score (nSPS) is 11.6. The van der Waals surface area contributed by atoms with Crippen molar-refractivity contribution < 1.29 is 18.7 Å². The lowest BCUT2D eigenvalue weighted by molar-refractivity contribution is -0.118. The molecule has 0 aliphatic carbocycles. The van der Waals surface area contributed by atoms with Crippen LogP contribution in [0.25, 0.3) is 0 Å². The van der Waals surface area contributed by atoms with E-state index in [0.29, 0.717) is 18.0 Å². The van der Waals surface area contributed by atoms with Gasteiger partial charge in [-0.1, -0.05) is 0 Å². The van der Waals surface area contributed by atoms with Gasteiger partial charge in [-0.05, 0) is 36.6 Å². The van der Waals surface area contributed by atoms with E-state index in [4.69, 9.17) is 9.15 Å². The molecule has 7 nitrogen and oxygen atoms in total. The number of methoxy groups -OCH3 is 1. The lowest BCUT2D eigenvalue weighted by atomic mass is 10.2. The second-order valence-electron chi connectivity index (χ2n) is 4.86. The molecule has 2 aromatic rings. The molecule has 2 aromatic heterocycles. The number of thioether (sulfide) groups is 1. The number of hydrogen-bond donors (Lipinski definition) is 2. The summed E-state index contributed by atoms with van der Waals surface area (Å²) in [5.74, 6) is 0.628. The molecule has 0 aliphatic heterocycles. The number of rotatable bonds is 8. The summed E-state index contributed by atoms with van der Waals surface area (Å²) in [4.78, 5) is 28.6. The Labute approximate surface area is 144 Å². The van der Waals surface area contributed by atoms with Gasteiger partial charge in [-0.3, -0.25) is 9.59 Å². The third-order valence-corrected chi connectivity index (χ3v) is 3.83. The van der Waals surface area contributed by atoms with Gasteiger partial charge in [0.25, 0.3) is 5.91 Å². The van der Waals surface area contributed by atoms with Crippen LogP contribution in [0.2, 0.25) is 0 Å². The highest BCUT2D eigenvalue weighted by molar-refractivity contribution is 7.98. The molecule has 0 unspecified atom stereocenters. The van der Waals surface area contributed by atoms with E-state index in [9.17, 15) is 9.59 Å². The van der Waals surface area contributed by atoms with Gasteiger partial charge in [0, 0.05) is 6.07 Å². The Balaban J connectivity index is 2.02. The lowest BCUT2D eigenvalue weighted by Crippen LogP contribution is -2.44. The summed E-state index contributed by atoms with van der Waals surface area (Å²) < 4.78 is 10.0. The van der Waals surface area contributed by atoms with Crippen LogP contribution >= 0.6 is 11.8 Å². The van der Waals surface area contributed by atoms with E-state index in [2.05, 4.69) is 15.6 Å². The molecule has 128 valence electrons. The number of aromatic nitrogens is 1. The highest BCUT2D eigenvalue weighted by atomic mass is 32.2. The van der Waals surface area contributed by atoms with Gasteiger partial charge in [0.15, 0.2) is 5.76 Å². The highest BCUT2D eigenvalue weighted by Crippen LogP contribution is 2.12. The monoisotopic (exact) mass is 349 g/mol. The van der Waals surface area contributed by atoms with Crippen LogP contribution in [0.5, 0.6) is 5.88 Å². The quantitative estimate of drug-likeness (QED) is 0.759. The molecule has 0 saturated heterocycles. The first-order valence-corrected chi connectivity index (χ1v) is 8.67. The van der Waals surface area contributed by atoms with Crippen molar-refractivity contribution in [2.45, 2.75) is 12.5 Å². The van der Waals surface area contributed by atoms with Crippen LogP contribution in [0.3, 0.4) is 0 Å². The van der Waals surface area contributed by atoms with Gasteiger partial charge in [0.2, 0.25) is 11.8 Å². The van der Waals surface area contributed by atoms with Crippen molar-refractivity contribution in [2.24, 2.45) is 0 Å². The summed E-state index contributed by atoms with van der Waals surface area (Å²) in [6.07, 6.45) is 5.35. The number of hydrogen-bond acceptors (Lipinski definition) is 6. The largest absolute Gasteiger partial charge is 0.481 e. The first-order chi connectivity index (χ1) is 11.6. The van der Waals surface area contributed by atoms with Gasteiger partial charge in [0.05, 0.1) is 25.3 Å². The molecule has 2 N–H and O–H groups in total. The van der Waals surface area contributed by atoms with Gasteiger partial charge >= 0.3 is 0 Å². The van der Waals surface area contributed by atoms with E-state index in [1.165, 1.54) is 19.6 Å². The van der Waals surface area contributed by atoms with Crippen molar-refractivity contribution in [1.29, 1.82) is 0 Å². The Morgan fingerprint density at radius 2 is 2.21 bits per heavy atom. The smallest absolute Gasteiger partial charge is 0.287 e. The first-order valence-electron chi connectivity index (χ1n) is 7.28. The van der Waals surface area contributed by atoms with Crippen LogP contribution in [0.1, 0.15) is 17.0 Å². The molecule has 0 radical (unpaired) electrons. The second kappa shape index (κ2) is 8.97. The number of nitrogens with zero attached hydrogens (tertiary/aromatic N) is 1. The molecule has 2 amide bonds. The molecule has 2 heterocycles. The van der Waals surface area contributed by atoms with Crippen molar-refractivity contribution in [3.05, 3.63) is 42.5 Å². The Morgan fingerprint density at radius 3 is 2.79 bits per heavy atom. The maximum absolute atomic E-state index is 12.5. The number of ether oxygens (including phenoxy) is 1. The number of pyridine rings is 1. The second-order valence-corrected chi connectivity index (χ2v) is 5.85. The minimum absolute atomic E-state index is 0.170. The van der Waals surface area contributed by atoms with Gasteiger partial charge in [-0.2, -0.15) is 11.8 Å². The van der Waals surface area contributed by atoms with Crippen molar-refractivity contribution in [3.8, 4) is 5.88 Å². The van der Waals surface area contributed by atoms with E-state index in [0.717, 1.165) is 5.75 Å². The molecule has 0 bridgehead atoms. The predicted molar refractivity (Wildman–Crippen MR) is 92.4 cm³/mol. The average Bonchev–Trinajstić information content (AvgIpc) is 3.13. The predicted octanol–water partition coefficient (Wildman–Crippen LogP) is 2.17. The van der Waals surface area contributed by atoms with E-state index in [1.54, 1.807) is 36.0 Å². The minimum Gasteiger partial charge on any atom is -0.481 e. The molecule has 2 rings (SSSR count). The van der Waals surface area contributed by atoms with Crippen molar-refractivity contribution in [1.82, 2.24) is 10.3 Å². The van der Waals surface area contributed by atoms with E-state index in [1.807, 2.05) is 6.26 Å². The average molecular weight is 349 g/mol. The molecule has 0 saturated carbocycles. The fourth-order valence-corrected chi connectivity index (χ4v) is 2.42. The molecule has 8 heteroatoms. The lowest BCUT2D eigenvalue weighted by Gasteiger charge is -2.17. The standard InChI is InChI=1S/C16H19N3O4S/c1-22-14-6-5-11(10-17-14)18-15(20)12(7-9-24-2)19-16(21)13-4-3-8-23-13/h3-6,8,10,12H,7,9H2,1-2H3,(H,18,20)(H,19,21)/t12-/m0/s1. The number of anilines is 1. The molecule has 0 spiro atoms. The third kappa shape index (κ3) is 5.02. The Bertz CT molecular complexity index is 658. The van der Waals surface area contributed by atoms with E-state index >= 15 is 0 Å². The van der Waals surface area contributed by atoms with Crippen LogP contribution in [-0.2, 0) is 4.79 Å². The molecular formula is C16H19N3O4S. The Hall–Kier alpha value is -2.48. The summed E-state index contributed by atoms with van der Waals surface area (Å²) in [6.45, 7) is 0. The number of furan rings is 1. The molecule has 0 aliphatic rings. The molecular weight excluding hydrogens is 330 g/mol. The fourth-order valence-electron chi connectivity index (χ4n) is 1.95. The number of amides is 2. The first kappa shape index (κ1) is 17.9. The van der Waals surface area contributed by atoms with E-state index in [-0.39, 0.29) is 11.7 Å². The van der Waals surface area contributed by atoms with E-state index < -0.39 is 11.9 Å². The zero-order chi connectivity index (χ0) is 17.4. The number of carbonyl (C=O) groups excluding carboxylic acids is 2. The van der Waals surface area contributed by atoms with Gasteiger partial charge < -0.3 is 19.8 Å². The van der Waals surface area contributed by atoms with Crippen molar-refractivity contribution in [3.63, 3.8) is 0 Å². The maximum Gasteiger partial charge on any atom is 0.287 e. The van der Waals surface area contributed by atoms with Gasteiger partial charge in [0.1, 0.15) is 6.04 Å².